The minimum Gasteiger partial charge on any atom is -0.466 e. The van der Waals surface area contributed by atoms with Crippen molar-refractivity contribution in [2.24, 2.45) is 0 Å². The minimum absolute atomic E-state index is 0.115. The Bertz CT molecular complexity index is 164. The Balaban J connectivity index is 3.19. The van der Waals surface area contributed by atoms with Gasteiger partial charge >= 0.3 is 5.97 Å². The third kappa shape index (κ3) is 9.26. The summed E-state index contributed by atoms with van der Waals surface area (Å²) in [6.45, 7) is 2.52. The number of hydrogen-bond acceptors (Lipinski definition) is 3. The Labute approximate surface area is 85.8 Å². The number of aliphatic hydroxyl groups is 1. The van der Waals surface area contributed by atoms with Gasteiger partial charge in [0.05, 0.1) is 6.61 Å². The maximum absolute atomic E-state index is 10.9. The van der Waals surface area contributed by atoms with Crippen LogP contribution in [0.15, 0.2) is 12.2 Å². The van der Waals surface area contributed by atoms with Crippen LogP contribution in [0.5, 0.6) is 0 Å². The number of carbonyl (C=O) groups excluding carboxylic acids is 1. The molecule has 0 bridgehead atoms. The zero-order chi connectivity index (χ0) is 10.6. The van der Waals surface area contributed by atoms with E-state index in [1.807, 2.05) is 13.0 Å². The van der Waals surface area contributed by atoms with Crippen LogP contribution in [0.1, 0.15) is 39.0 Å². The molecular formula is C11H20O3. The number of esters is 1. The van der Waals surface area contributed by atoms with Gasteiger partial charge in [0, 0.05) is 13.0 Å². The number of hydrogen-bond donors (Lipinski definition) is 1. The van der Waals surface area contributed by atoms with Crippen LogP contribution >= 0.6 is 0 Å². The van der Waals surface area contributed by atoms with Crippen LogP contribution in [-0.2, 0) is 9.53 Å². The number of allylic oxidation sites excluding steroid dienone is 2. The van der Waals surface area contributed by atoms with Crippen molar-refractivity contribution in [1.82, 2.24) is 0 Å². The van der Waals surface area contributed by atoms with Crippen LogP contribution in [0.25, 0.3) is 0 Å². The first-order valence-corrected chi connectivity index (χ1v) is 5.22. The molecule has 0 unspecified atom stereocenters. The van der Waals surface area contributed by atoms with Crippen molar-refractivity contribution in [1.29, 1.82) is 0 Å². The molecule has 3 heteroatoms. The summed E-state index contributed by atoms with van der Waals surface area (Å²) < 4.78 is 4.79. The standard InChI is InChI=1S/C11H20O3/c1-2-14-11(13)9-7-5-3-4-6-8-10-12/h3-4,12H,2,5-10H2,1H3. The van der Waals surface area contributed by atoms with Crippen LogP contribution in [0.2, 0.25) is 0 Å². The van der Waals surface area contributed by atoms with Gasteiger partial charge in [-0.1, -0.05) is 12.2 Å². The van der Waals surface area contributed by atoms with Crippen LogP contribution in [-0.4, -0.2) is 24.3 Å². The number of carbonyl (C=O) groups is 1. The van der Waals surface area contributed by atoms with E-state index in [1.54, 1.807) is 0 Å². The summed E-state index contributed by atoms with van der Waals surface area (Å²) in [6.07, 6.45) is 8.07. The molecule has 3 nitrogen and oxygen atoms in total. The van der Waals surface area contributed by atoms with E-state index in [9.17, 15) is 4.79 Å². The van der Waals surface area contributed by atoms with E-state index in [1.165, 1.54) is 0 Å². The summed E-state index contributed by atoms with van der Waals surface area (Å²) in [4.78, 5) is 10.9. The molecule has 1 N–H and O–H groups in total. The first-order valence-electron chi connectivity index (χ1n) is 5.22. The summed E-state index contributed by atoms with van der Waals surface area (Å²) in [6, 6.07) is 0. The van der Waals surface area contributed by atoms with E-state index in [4.69, 9.17) is 9.84 Å². The second-order valence-corrected chi connectivity index (χ2v) is 3.03. The highest BCUT2D eigenvalue weighted by molar-refractivity contribution is 5.69. The van der Waals surface area contributed by atoms with Crippen LogP contribution in [0.4, 0.5) is 0 Å². The van der Waals surface area contributed by atoms with Gasteiger partial charge in [0.15, 0.2) is 0 Å². The molecule has 0 aliphatic rings. The minimum atomic E-state index is -0.115. The van der Waals surface area contributed by atoms with E-state index in [-0.39, 0.29) is 12.6 Å². The molecule has 0 spiro atoms. The van der Waals surface area contributed by atoms with Crippen molar-refractivity contribution in [2.45, 2.75) is 39.0 Å². The molecule has 0 saturated carbocycles. The highest BCUT2D eigenvalue weighted by Gasteiger charge is 1.98. The fraction of sp³-hybridized carbons (Fsp3) is 0.727. The van der Waals surface area contributed by atoms with Gasteiger partial charge in [-0.15, -0.1) is 0 Å². The predicted octanol–water partition coefficient (Wildman–Crippen LogP) is 2.05. The Hall–Kier alpha value is -0.830. The van der Waals surface area contributed by atoms with Crippen molar-refractivity contribution < 1.29 is 14.6 Å². The zero-order valence-corrected chi connectivity index (χ0v) is 8.87. The number of rotatable bonds is 8. The lowest BCUT2D eigenvalue weighted by Gasteiger charge is -1.98. The van der Waals surface area contributed by atoms with E-state index in [0.717, 1.165) is 25.7 Å². The molecule has 14 heavy (non-hydrogen) atoms. The molecule has 0 radical (unpaired) electrons. The molecule has 0 heterocycles. The van der Waals surface area contributed by atoms with E-state index in [2.05, 4.69) is 6.08 Å². The quantitative estimate of drug-likeness (QED) is 0.370. The van der Waals surface area contributed by atoms with Gasteiger partial charge in [-0.05, 0) is 32.6 Å². The Morgan fingerprint density at radius 2 is 1.93 bits per heavy atom. The maximum atomic E-state index is 10.9. The van der Waals surface area contributed by atoms with Gasteiger partial charge in [-0.25, -0.2) is 0 Å². The lowest BCUT2D eigenvalue weighted by Crippen LogP contribution is -2.02. The predicted molar refractivity (Wildman–Crippen MR) is 55.9 cm³/mol. The Morgan fingerprint density at radius 1 is 1.29 bits per heavy atom. The molecule has 0 saturated heterocycles. The molecule has 0 aliphatic heterocycles. The van der Waals surface area contributed by atoms with Crippen LogP contribution < -0.4 is 0 Å². The lowest BCUT2D eigenvalue weighted by molar-refractivity contribution is -0.143. The normalized spacial score (nSPS) is 10.7. The fourth-order valence-corrected chi connectivity index (χ4v) is 1.04. The lowest BCUT2D eigenvalue weighted by atomic mass is 10.2. The zero-order valence-electron chi connectivity index (χ0n) is 8.87. The molecule has 0 aliphatic carbocycles. The van der Waals surface area contributed by atoms with Gasteiger partial charge in [0.1, 0.15) is 0 Å². The average Bonchev–Trinajstić information content (AvgIpc) is 2.17. The topological polar surface area (TPSA) is 46.5 Å². The summed E-state index contributed by atoms with van der Waals surface area (Å²) in [5, 5.41) is 8.51. The molecule has 0 amide bonds. The first kappa shape index (κ1) is 13.2. The number of ether oxygens (including phenoxy) is 1. The highest BCUT2D eigenvalue weighted by atomic mass is 16.5. The molecular weight excluding hydrogens is 180 g/mol. The third-order valence-electron chi connectivity index (χ3n) is 1.75. The smallest absolute Gasteiger partial charge is 0.305 e. The molecule has 0 rings (SSSR count). The molecule has 0 atom stereocenters. The Morgan fingerprint density at radius 3 is 2.50 bits per heavy atom. The largest absolute Gasteiger partial charge is 0.466 e. The molecule has 0 aromatic heterocycles. The van der Waals surface area contributed by atoms with Crippen molar-refractivity contribution in [3.05, 3.63) is 12.2 Å². The molecule has 0 aromatic rings. The first-order chi connectivity index (χ1) is 6.81. The van der Waals surface area contributed by atoms with Crippen LogP contribution in [0.3, 0.4) is 0 Å². The van der Waals surface area contributed by atoms with Gasteiger partial charge < -0.3 is 9.84 Å². The van der Waals surface area contributed by atoms with E-state index in [0.29, 0.717) is 13.0 Å². The van der Waals surface area contributed by atoms with E-state index < -0.39 is 0 Å². The van der Waals surface area contributed by atoms with Crippen molar-refractivity contribution in [3.63, 3.8) is 0 Å². The van der Waals surface area contributed by atoms with Crippen molar-refractivity contribution in [2.75, 3.05) is 13.2 Å². The SMILES string of the molecule is CCOC(=O)CCCC=CCCCO. The second-order valence-electron chi connectivity index (χ2n) is 3.03. The summed E-state index contributed by atoms with van der Waals surface area (Å²) in [5.74, 6) is -0.115. The molecule has 82 valence electrons. The third-order valence-corrected chi connectivity index (χ3v) is 1.75. The molecule has 0 fully saturated rings. The Kier molecular flexibility index (Phi) is 9.64. The van der Waals surface area contributed by atoms with Crippen LogP contribution in [0, 0.1) is 0 Å². The number of aliphatic hydroxyl groups excluding tert-OH is 1. The van der Waals surface area contributed by atoms with Crippen molar-refractivity contribution >= 4 is 5.97 Å². The van der Waals surface area contributed by atoms with Crippen molar-refractivity contribution in [3.8, 4) is 0 Å². The summed E-state index contributed by atoms with van der Waals surface area (Å²) in [7, 11) is 0. The maximum Gasteiger partial charge on any atom is 0.305 e. The monoisotopic (exact) mass is 200 g/mol. The summed E-state index contributed by atoms with van der Waals surface area (Å²) >= 11 is 0. The second kappa shape index (κ2) is 10.3. The fourth-order valence-electron chi connectivity index (χ4n) is 1.04. The molecule has 0 aromatic carbocycles. The highest BCUT2D eigenvalue weighted by Crippen LogP contribution is 2.00. The van der Waals surface area contributed by atoms with Gasteiger partial charge in [-0.3, -0.25) is 4.79 Å². The summed E-state index contributed by atoms with van der Waals surface area (Å²) in [5.41, 5.74) is 0. The van der Waals surface area contributed by atoms with Gasteiger partial charge in [-0.2, -0.15) is 0 Å². The van der Waals surface area contributed by atoms with Gasteiger partial charge in [0.25, 0.3) is 0 Å². The average molecular weight is 200 g/mol. The van der Waals surface area contributed by atoms with Gasteiger partial charge in [0.2, 0.25) is 0 Å². The number of unbranched alkanes of at least 4 members (excludes halogenated alkanes) is 2. The van der Waals surface area contributed by atoms with E-state index >= 15 is 0 Å².